The van der Waals surface area contributed by atoms with Crippen LogP contribution in [0, 0.1) is 0 Å². The molecule has 0 radical (unpaired) electrons. The highest BCUT2D eigenvalue weighted by Gasteiger charge is 2.26. The number of hydrogen-bond donors (Lipinski definition) is 3. The smallest absolute Gasteiger partial charge is 0.247 e. The molecule has 0 bridgehead atoms. The first-order valence-corrected chi connectivity index (χ1v) is 7.69. The lowest BCUT2D eigenvalue weighted by Crippen LogP contribution is -2.42. The molecule has 0 saturated heterocycles. The third kappa shape index (κ3) is 3.88. The van der Waals surface area contributed by atoms with Gasteiger partial charge in [0.05, 0.1) is 17.8 Å². The van der Waals surface area contributed by atoms with E-state index in [9.17, 15) is 9.59 Å². The van der Waals surface area contributed by atoms with Crippen LogP contribution in [0.5, 0.6) is 0 Å². The van der Waals surface area contributed by atoms with E-state index < -0.39 is 6.04 Å². The molecule has 3 N–H and O–H groups in total. The van der Waals surface area contributed by atoms with Gasteiger partial charge < -0.3 is 16.0 Å². The molecule has 5 heteroatoms. The minimum absolute atomic E-state index is 0.120. The molecule has 2 aromatic carbocycles. The maximum absolute atomic E-state index is 12.0. The van der Waals surface area contributed by atoms with Crippen LogP contribution in [0.15, 0.2) is 54.6 Å². The number of hydrogen-bond acceptors (Lipinski definition) is 3. The van der Waals surface area contributed by atoms with Crippen molar-refractivity contribution in [2.24, 2.45) is 0 Å². The number of benzene rings is 2. The van der Waals surface area contributed by atoms with Gasteiger partial charge in [-0.15, -0.1) is 0 Å². The Kier molecular flexibility index (Phi) is 4.57. The average molecular weight is 309 g/mol. The summed E-state index contributed by atoms with van der Waals surface area (Å²) in [5, 5.41) is 8.79. The standard InChI is InChI=1S/C18H19N3O2/c22-17(19-11-10-13-6-2-1-3-7-13)12-16-18(23)21-15-9-5-4-8-14(15)20-16/h1-9,16,20H,10-12H2,(H,19,22)(H,21,23)/t16-/m0/s1. The second-order valence-corrected chi connectivity index (χ2v) is 5.52. The molecule has 3 rings (SSSR count). The lowest BCUT2D eigenvalue weighted by atomic mass is 10.1. The topological polar surface area (TPSA) is 70.2 Å². The lowest BCUT2D eigenvalue weighted by molar-refractivity contribution is -0.124. The Balaban J connectivity index is 1.49. The van der Waals surface area contributed by atoms with E-state index in [4.69, 9.17) is 0 Å². The highest BCUT2D eigenvalue weighted by molar-refractivity contribution is 6.04. The van der Waals surface area contributed by atoms with Gasteiger partial charge in [-0.05, 0) is 24.1 Å². The van der Waals surface area contributed by atoms with Gasteiger partial charge in [0.2, 0.25) is 11.8 Å². The van der Waals surface area contributed by atoms with E-state index in [2.05, 4.69) is 16.0 Å². The Bertz CT molecular complexity index is 700. The van der Waals surface area contributed by atoms with E-state index in [1.54, 1.807) is 0 Å². The Morgan fingerprint density at radius 2 is 1.70 bits per heavy atom. The van der Waals surface area contributed by atoms with Crippen LogP contribution in [0.1, 0.15) is 12.0 Å². The summed E-state index contributed by atoms with van der Waals surface area (Å²) in [5.74, 6) is -0.310. The van der Waals surface area contributed by atoms with Crippen molar-refractivity contribution in [3.05, 3.63) is 60.2 Å². The van der Waals surface area contributed by atoms with E-state index in [1.165, 1.54) is 5.56 Å². The van der Waals surface area contributed by atoms with E-state index in [-0.39, 0.29) is 18.2 Å². The fourth-order valence-electron chi connectivity index (χ4n) is 2.58. The van der Waals surface area contributed by atoms with Crippen molar-refractivity contribution in [1.82, 2.24) is 5.32 Å². The largest absolute Gasteiger partial charge is 0.372 e. The summed E-state index contributed by atoms with van der Waals surface area (Å²) in [6.07, 6.45) is 0.897. The van der Waals surface area contributed by atoms with Gasteiger partial charge in [0, 0.05) is 6.54 Å². The monoisotopic (exact) mass is 309 g/mol. The number of nitrogens with one attached hydrogen (secondary N) is 3. The van der Waals surface area contributed by atoms with E-state index in [0.717, 1.165) is 17.8 Å². The van der Waals surface area contributed by atoms with Gasteiger partial charge in [0.15, 0.2) is 0 Å². The van der Waals surface area contributed by atoms with Crippen LogP contribution in [0.3, 0.4) is 0 Å². The molecule has 0 aromatic heterocycles. The van der Waals surface area contributed by atoms with Crippen molar-refractivity contribution < 1.29 is 9.59 Å². The first-order chi connectivity index (χ1) is 11.2. The van der Waals surface area contributed by atoms with Crippen molar-refractivity contribution in [2.45, 2.75) is 18.9 Å². The zero-order valence-corrected chi connectivity index (χ0v) is 12.7. The normalized spacial score (nSPS) is 16.0. The third-order valence-electron chi connectivity index (χ3n) is 3.80. The quantitative estimate of drug-likeness (QED) is 0.793. The van der Waals surface area contributed by atoms with E-state index in [1.807, 2.05) is 54.6 Å². The first kappa shape index (κ1) is 15.1. The molecule has 2 amide bonds. The van der Waals surface area contributed by atoms with E-state index >= 15 is 0 Å². The van der Waals surface area contributed by atoms with Crippen molar-refractivity contribution >= 4 is 23.2 Å². The molecule has 2 aromatic rings. The van der Waals surface area contributed by atoms with Crippen LogP contribution in [0.2, 0.25) is 0 Å². The Hall–Kier alpha value is -2.82. The summed E-state index contributed by atoms with van der Waals surface area (Å²) in [4.78, 5) is 24.1. The average Bonchev–Trinajstić information content (AvgIpc) is 2.56. The molecule has 0 unspecified atom stereocenters. The SMILES string of the molecule is O=C(C[C@@H]1Nc2ccccc2NC1=O)NCCc1ccccc1. The molecule has 1 aliphatic heterocycles. The summed E-state index contributed by atoms with van der Waals surface area (Å²) in [6, 6.07) is 16.9. The molecule has 0 saturated carbocycles. The van der Waals surface area contributed by atoms with Crippen LogP contribution in [0.4, 0.5) is 11.4 Å². The molecule has 1 atom stereocenters. The minimum atomic E-state index is -0.540. The Morgan fingerprint density at radius 1 is 1.00 bits per heavy atom. The number of carbonyl (C=O) groups is 2. The van der Waals surface area contributed by atoms with Crippen LogP contribution in [-0.4, -0.2) is 24.4 Å². The molecule has 1 heterocycles. The number of amides is 2. The highest BCUT2D eigenvalue weighted by atomic mass is 16.2. The second kappa shape index (κ2) is 6.96. The van der Waals surface area contributed by atoms with Crippen molar-refractivity contribution in [1.29, 1.82) is 0 Å². The maximum Gasteiger partial charge on any atom is 0.247 e. The van der Waals surface area contributed by atoms with Crippen molar-refractivity contribution in [3.63, 3.8) is 0 Å². The second-order valence-electron chi connectivity index (χ2n) is 5.52. The van der Waals surface area contributed by atoms with Gasteiger partial charge in [0.1, 0.15) is 6.04 Å². The molecular weight excluding hydrogens is 290 g/mol. The van der Waals surface area contributed by atoms with E-state index in [0.29, 0.717) is 6.54 Å². The van der Waals surface area contributed by atoms with Gasteiger partial charge in [-0.2, -0.15) is 0 Å². The number of carbonyl (C=O) groups excluding carboxylic acids is 2. The Labute approximate surface area is 135 Å². The van der Waals surface area contributed by atoms with Crippen molar-refractivity contribution in [2.75, 3.05) is 17.2 Å². The predicted octanol–water partition coefficient (Wildman–Crippen LogP) is 2.17. The summed E-state index contributed by atoms with van der Waals surface area (Å²) < 4.78 is 0. The molecule has 0 fully saturated rings. The lowest BCUT2D eigenvalue weighted by Gasteiger charge is -2.26. The molecular formula is C18H19N3O2. The highest BCUT2D eigenvalue weighted by Crippen LogP contribution is 2.26. The molecule has 118 valence electrons. The summed E-state index contributed by atoms with van der Waals surface area (Å²) in [7, 11) is 0. The van der Waals surface area contributed by atoms with Crippen LogP contribution >= 0.6 is 0 Å². The fraction of sp³-hybridized carbons (Fsp3) is 0.222. The minimum Gasteiger partial charge on any atom is -0.372 e. The molecule has 23 heavy (non-hydrogen) atoms. The first-order valence-electron chi connectivity index (χ1n) is 7.69. The zero-order chi connectivity index (χ0) is 16.1. The van der Waals surface area contributed by atoms with Gasteiger partial charge in [-0.3, -0.25) is 9.59 Å². The predicted molar refractivity (Wildman–Crippen MR) is 90.3 cm³/mol. The van der Waals surface area contributed by atoms with Gasteiger partial charge in [-0.25, -0.2) is 0 Å². The zero-order valence-electron chi connectivity index (χ0n) is 12.7. The third-order valence-corrected chi connectivity index (χ3v) is 3.80. The number of fused-ring (bicyclic) bond motifs is 1. The van der Waals surface area contributed by atoms with Gasteiger partial charge >= 0.3 is 0 Å². The summed E-state index contributed by atoms with van der Waals surface area (Å²) in [5.41, 5.74) is 2.77. The van der Waals surface area contributed by atoms with Crippen molar-refractivity contribution in [3.8, 4) is 0 Å². The molecule has 5 nitrogen and oxygen atoms in total. The van der Waals surface area contributed by atoms with Crippen LogP contribution in [0.25, 0.3) is 0 Å². The van der Waals surface area contributed by atoms with Crippen LogP contribution < -0.4 is 16.0 Å². The van der Waals surface area contributed by atoms with Crippen LogP contribution in [-0.2, 0) is 16.0 Å². The summed E-state index contributed by atoms with van der Waals surface area (Å²) >= 11 is 0. The molecule has 1 aliphatic rings. The molecule has 0 spiro atoms. The summed E-state index contributed by atoms with van der Waals surface area (Å²) in [6.45, 7) is 0.563. The fourth-order valence-corrected chi connectivity index (χ4v) is 2.58. The van der Waals surface area contributed by atoms with Gasteiger partial charge in [0.25, 0.3) is 0 Å². The molecule has 0 aliphatic carbocycles. The Morgan fingerprint density at radius 3 is 2.48 bits per heavy atom. The number of para-hydroxylation sites is 2. The number of anilines is 2. The number of rotatable bonds is 5. The van der Waals surface area contributed by atoms with Gasteiger partial charge in [-0.1, -0.05) is 42.5 Å². The maximum atomic E-state index is 12.0.